The molecule has 0 unspecified atom stereocenters. The fraction of sp³-hybridized carbons (Fsp3) is 0.368. The maximum Gasteiger partial charge on any atom is 0.243 e. The number of hydrogen-bond acceptors (Lipinski definition) is 7. The van der Waals surface area contributed by atoms with Gasteiger partial charge in [0.15, 0.2) is 0 Å². The van der Waals surface area contributed by atoms with Crippen LogP contribution in [0.5, 0.6) is 5.75 Å². The Hall–Kier alpha value is -2.23. The molecule has 1 saturated heterocycles. The number of benzene rings is 1. The zero-order valence-electron chi connectivity index (χ0n) is 15.8. The number of thiophene rings is 1. The summed E-state index contributed by atoms with van der Waals surface area (Å²) >= 11 is 1.69. The summed E-state index contributed by atoms with van der Waals surface area (Å²) in [5.41, 5.74) is 0. The molecule has 3 heterocycles. The number of fused-ring (bicyclic) bond motifs is 1. The van der Waals surface area contributed by atoms with Crippen LogP contribution in [-0.4, -0.2) is 56.0 Å². The molecule has 1 aliphatic heterocycles. The number of aryl methyl sites for hydroxylation is 1. The summed E-state index contributed by atoms with van der Waals surface area (Å²) in [5.74, 6) is 1.53. The first kappa shape index (κ1) is 19.1. The minimum Gasteiger partial charge on any atom is -0.497 e. The van der Waals surface area contributed by atoms with Crippen LogP contribution in [0.3, 0.4) is 0 Å². The van der Waals surface area contributed by atoms with Gasteiger partial charge in [0.1, 0.15) is 22.7 Å². The van der Waals surface area contributed by atoms with Gasteiger partial charge < -0.3 is 9.64 Å². The van der Waals surface area contributed by atoms with E-state index < -0.39 is 10.0 Å². The molecule has 3 aromatic rings. The lowest BCUT2D eigenvalue weighted by molar-refractivity contribution is 0.384. The van der Waals surface area contributed by atoms with E-state index in [0.29, 0.717) is 31.9 Å². The molecule has 0 radical (unpaired) electrons. The van der Waals surface area contributed by atoms with E-state index in [1.54, 1.807) is 49.0 Å². The molecule has 0 saturated carbocycles. The van der Waals surface area contributed by atoms with Gasteiger partial charge in [0.2, 0.25) is 10.0 Å². The maximum atomic E-state index is 12.9. The van der Waals surface area contributed by atoms with E-state index in [0.717, 1.165) is 22.5 Å². The van der Waals surface area contributed by atoms with Crippen LogP contribution in [0.4, 0.5) is 5.82 Å². The van der Waals surface area contributed by atoms with Gasteiger partial charge in [-0.15, -0.1) is 11.3 Å². The third-order valence-electron chi connectivity index (χ3n) is 4.94. The Labute approximate surface area is 168 Å². The molecule has 1 aromatic carbocycles. The maximum absolute atomic E-state index is 12.9. The molecular formula is C19H22N4O3S2. The van der Waals surface area contributed by atoms with Gasteiger partial charge in [-0.05, 0) is 36.8 Å². The fourth-order valence-electron chi connectivity index (χ4n) is 3.36. The molecule has 9 heteroatoms. The molecular weight excluding hydrogens is 396 g/mol. The standard InChI is InChI=1S/C19H22N4O3S2/c1-3-15-12-17-18(20-13-21-19(17)27-15)22-8-10-23(11-9-22)28(24,25)16-6-4-14(26-2)5-7-16/h4-7,12-13H,3,8-11H2,1-2H3. The predicted octanol–water partition coefficient (Wildman–Crippen LogP) is 2.77. The largest absolute Gasteiger partial charge is 0.497 e. The molecule has 7 nitrogen and oxygen atoms in total. The molecule has 2 aromatic heterocycles. The summed E-state index contributed by atoms with van der Waals surface area (Å²) in [6.45, 7) is 4.16. The van der Waals surface area contributed by atoms with Gasteiger partial charge in [-0.25, -0.2) is 18.4 Å². The molecule has 0 spiro atoms. The van der Waals surface area contributed by atoms with E-state index in [9.17, 15) is 8.42 Å². The van der Waals surface area contributed by atoms with Gasteiger partial charge in [0.25, 0.3) is 0 Å². The van der Waals surface area contributed by atoms with E-state index >= 15 is 0 Å². The van der Waals surface area contributed by atoms with Crippen molar-refractivity contribution < 1.29 is 13.2 Å². The zero-order valence-corrected chi connectivity index (χ0v) is 17.5. The Morgan fingerprint density at radius 1 is 1.11 bits per heavy atom. The van der Waals surface area contributed by atoms with Gasteiger partial charge in [0, 0.05) is 31.1 Å². The number of piperazine rings is 1. The number of methoxy groups -OCH3 is 1. The third kappa shape index (κ3) is 3.45. The summed E-state index contributed by atoms with van der Waals surface area (Å²) in [6, 6.07) is 8.67. The Balaban J connectivity index is 1.52. The second-order valence-corrected chi connectivity index (χ2v) is 9.60. The highest BCUT2D eigenvalue weighted by molar-refractivity contribution is 7.89. The number of ether oxygens (including phenoxy) is 1. The lowest BCUT2D eigenvalue weighted by Gasteiger charge is -2.34. The van der Waals surface area contributed by atoms with E-state index in [1.165, 1.54) is 9.18 Å². The minimum atomic E-state index is -3.51. The second-order valence-electron chi connectivity index (χ2n) is 6.55. The lowest BCUT2D eigenvalue weighted by Crippen LogP contribution is -2.49. The molecule has 0 amide bonds. The smallest absolute Gasteiger partial charge is 0.243 e. The van der Waals surface area contributed by atoms with Crippen molar-refractivity contribution in [2.24, 2.45) is 0 Å². The minimum absolute atomic E-state index is 0.289. The number of rotatable bonds is 5. The number of aromatic nitrogens is 2. The summed E-state index contributed by atoms with van der Waals surface area (Å²) in [6.07, 6.45) is 2.56. The first-order chi connectivity index (χ1) is 13.5. The highest BCUT2D eigenvalue weighted by Gasteiger charge is 2.29. The first-order valence-electron chi connectivity index (χ1n) is 9.15. The quantitative estimate of drug-likeness (QED) is 0.634. The van der Waals surface area contributed by atoms with Crippen molar-refractivity contribution in [3.05, 3.63) is 41.5 Å². The van der Waals surface area contributed by atoms with Gasteiger partial charge in [-0.3, -0.25) is 0 Å². The van der Waals surface area contributed by atoms with Crippen molar-refractivity contribution in [1.82, 2.24) is 14.3 Å². The van der Waals surface area contributed by atoms with Gasteiger partial charge in [-0.1, -0.05) is 6.92 Å². The van der Waals surface area contributed by atoms with Crippen molar-refractivity contribution in [3.8, 4) is 5.75 Å². The number of anilines is 1. The Kier molecular flexibility index (Phi) is 5.22. The van der Waals surface area contributed by atoms with Crippen molar-refractivity contribution in [2.45, 2.75) is 18.2 Å². The number of hydrogen-bond donors (Lipinski definition) is 0. The van der Waals surface area contributed by atoms with Gasteiger partial charge in [-0.2, -0.15) is 4.31 Å². The molecule has 0 N–H and O–H groups in total. The van der Waals surface area contributed by atoms with Crippen molar-refractivity contribution in [1.29, 1.82) is 0 Å². The molecule has 28 heavy (non-hydrogen) atoms. The monoisotopic (exact) mass is 418 g/mol. The number of sulfonamides is 1. The Bertz CT molecular complexity index is 1070. The van der Waals surface area contributed by atoms with Crippen molar-refractivity contribution in [3.63, 3.8) is 0 Å². The van der Waals surface area contributed by atoms with E-state index in [4.69, 9.17) is 4.74 Å². The molecule has 1 aliphatic rings. The number of nitrogens with zero attached hydrogens (tertiary/aromatic N) is 4. The van der Waals surface area contributed by atoms with Crippen LogP contribution < -0.4 is 9.64 Å². The van der Waals surface area contributed by atoms with Crippen LogP contribution in [0.1, 0.15) is 11.8 Å². The molecule has 0 aliphatic carbocycles. The van der Waals surface area contributed by atoms with Crippen LogP contribution in [0.2, 0.25) is 0 Å². The fourth-order valence-corrected chi connectivity index (χ4v) is 5.71. The van der Waals surface area contributed by atoms with Gasteiger partial charge in [0.05, 0.1) is 17.4 Å². The van der Waals surface area contributed by atoms with Crippen LogP contribution in [0, 0.1) is 0 Å². The molecule has 4 rings (SSSR count). The molecule has 1 fully saturated rings. The molecule has 148 valence electrons. The van der Waals surface area contributed by atoms with Crippen molar-refractivity contribution >= 4 is 37.4 Å². The van der Waals surface area contributed by atoms with Crippen LogP contribution in [0.15, 0.2) is 41.6 Å². The molecule has 0 bridgehead atoms. The normalized spacial score (nSPS) is 15.9. The summed E-state index contributed by atoms with van der Waals surface area (Å²) in [7, 11) is -1.96. The predicted molar refractivity (Wildman–Crippen MR) is 111 cm³/mol. The SMILES string of the molecule is CCc1cc2c(N3CCN(S(=O)(=O)c4ccc(OC)cc4)CC3)ncnc2s1. The summed E-state index contributed by atoms with van der Waals surface area (Å²) < 4.78 is 32.5. The van der Waals surface area contributed by atoms with E-state index in [1.807, 2.05) is 0 Å². The van der Waals surface area contributed by atoms with Crippen LogP contribution in [-0.2, 0) is 16.4 Å². The summed E-state index contributed by atoms with van der Waals surface area (Å²) in [4.78, 5) is 13.6. The average Bonchev–Trinajstić information content (AvgIpc) is 3.17. The van der Waals surface area contributed by atoms with E-state index in [-0.39, 0.29) is 4.90 Å². The third-order valence-corrected chi connectivity index (χ3v) is 8.04. The van der Waals surface area contributed by atoms with Gasteiger partial charge >= 0.3 is 0 Å². The Morgan fingerprint density at radius 3 is 2.46 bits per heavy atom. The zero-order chi connectivity index (χ0) is 19.7. The topological polar surface area (TPSA) is 75.6 Å². The Morgan fingerprint density at radius 2 is 1.82 bits per heavy atom. The molecule has 0 atom stereocenters. The first-order valence-corrected chi connectivity index (χ1v) is 11.4. The highest BCUT2D eigenvalue weighted by Crippen LogP contribution is 2.31. The highest BCUT2D eigenvalue weighted by atomic mass is 32.2. The van der Waals surface area contributed by atoms with Crippen LogP contribution in [0.25, 0.3) is 10.2 Å². The lowest BCUT2D eigenvalue weighted by atomic mass is 10.2. The second kappa shape index (κ2) is 7.65. The summed E-state index contributed by atoms with van der Waals surface area (Å²) in [5, 5.41) is 1.05. The average molecular weight is 419 g/mol. The van der Waals surface area contributed by atoms with Crippen molar-refractivity contribution in [2.75, 3.05) is 38.2 Å². The van der Waals surface area contributed by atoms with E-state index in [2.05, 4.69) is 27.9 Å². The van der Waals surface area contributed by atoms with Crippen LogP contribution >= 0.6 is 11.3 Å².